The van der Waals surface area contributed by atoms with E-state index in [-0.39, 0.29) is 317 Å². The molecule has 6 aromatic heterocycles. The van der Waals surface area contributed by atoms with Gasteiger partial charge in [-0.25, -0.2) is 0 Å². The normalized spacial score (nSPS) is 10.1. The second kappa shape index (κ2) is 65.7. The summed E-state index contributed by atoms with van der Waals surface area (Å²) in [4.78, 5) is 25.8. The Morgan fingerprint density at radius 3 is 0.835 bits per heavy atom. The van der Waals surface area contributed by atoms with Gasteiger partial charge in [0.05, 0.1) is 45.7 Å². The van der Waals surface area contributed by atoms with Crippen molar-refractivity contribution in [1.29, 1.82) is 0 Å². The van der Waals surface area contributed by atoms with Crippen LogP contribution in [0.4, 0.5) is 0 Å². The maximum Gasteiger partial charge on any atom is 0.179 e. The molecule has 2 unspecified atom stereocenters. The van der Waals surface area contributed by atoms with Gasteiger partial charge in [0, 0.05) is 328 Å². The summed E-state index contributed by atoms with van der Waals surface area (Å²) in [6, 6.07) is 67.8. The second-order valence-electron chi connectivity index (χ2n) is 22.6. The molecule has 21 heteroatoms. The van der Waals surface area contributed by atoms with E-state index in [9.17, 15) is 10.2 Å². The van der Waals surface area contributed by atoms with Gasteiger partial charge in [0.1, 0.15) is 0 Å². The maximum atomic E-state index is 9.99. The van der Waals surface area contributed by atoms with Crippen molar-refractivity contribution in [3.05, 3.63) is 266 Å². The number of hydrogen-bond acceptors (Lipinski definition) is 16. The summed E-state index contributed by atoms with van der Waals surface area (Å²) in [5.74, 6) is 0. The molecule has 5 radical (unpaired) electrons. The van der Waals surface area contributed by atoms with Crippen LogP contribution in [0.15, 0.2) is 250 Å². The fourth-order valence-corrected chi connectivity index (χ4v) is 7.96. The van der Waals surface area contributed by atoms with Crippen molar-refractivity contribution in [2.24, 2.45) is 10.8 Å². The molecule has 12 rings (SSSR count). The summed E-state index contributed by atoms with van der Waals surface area (Å²) in [7, 11) is 0. The van der Waals surface area contributed by atoms with Gasteiger partial charge in [0.25, 0.3) is 0 Å². The second-order valence-corrected chi connectivity index (χ2v) is 22.6. The summed E-state index contributed by atoms with van der Waals surface area (Å²) >= 11 is 0. The van der Waals surface area contributed by atoms with Crippen molar-refractivity contribution < 1.29 is 298 Å². The van der Waals surface area contributed by atoms with E-state index in [1.807, 2.05) is 165 Å². The van der Waals surface area contributed by atoms with Gasteiger partial charge in [-0.3, -0.25) is 29.9 Å². The number of aromatic nitrogens is 6. The largest absolute Gasteiger partial charge is 0.388 e. The molecule has 0 aliphatic heterocycles. The number of aliphatic hydroxyl groups excluding tert-OH is 6. The summed E-state index contributed by atoms with van der Waals surface area (Å²) in [5, 5.41) is 94.6. The number of hydrogen-bond donors (Lipinski definition) is 10. The van der Waals surface area contributed by atoms with Crippen molar-refractivity contribution in [2.45, 2.75) is 165 Å². The van der Waals surface area contributed by atoms with E-state index in [2.05, 4.69) is 78.4 Å². The van der Waals surface area contributed by atoms with E-state index in [1.54, 1.807) is 84.8 Å². The summed E-state index contributed by atoms with van der Waals surface area (Å²) in [6.07, 6.45) is 6.21. The minimum atomic E-state index is -1.40. The van der Waals surface area contributed by atoms with Crippen LogP contribution in [0.2, 0.25) is 0 Å². The SMILES string of the molecule is C.C.C.C.C.C.C.C.CC(C)(C)C(O)O.CC(C)(C)C(O)O.CCCC(O)O.OC(CC(O)c1ccccc1)c1ccccc1.OC(O)c1cccc2ccccc12.[Eu].[Eu].[Eu].[Eu].[Eu].c1ccc(-c2ccccn2)nc1.c1cnc2c(c1)ccc1cccnc12.c1cnc2c(c1)ccc1cccnc12. The quantitative estimate of drug-likeness (QED) is 0.0500. The number of pyridine rings is 6. The third kappa shape index (κ3) is 44.6. The molecule has 569 valence electrons. The molecule has 0 fully saturated rings. The first-order valence-corrected chi connectivity index (χ1v) is 29.5. The van der Waals surface area contributed by atoms with Crippen LogP contribution in [-0.2, 0) is 0 Å². The molecular formula is C82H116Eu5N6O10. The Hall–Kier alpha value is -0.958. The van der Waals surface area contributed by atoms with Crippen LogP contribution in [0.3, 0.4) is 0 Å². The van der Waals surface area contributed by atoms with Crippen molar-refractivity contribution >= 4 is 54.4 Å². The number of rotatable bonds is 8. The average molecular weight is 2110 g/mol. The first-order chi connectivity index (χ1) is 43.1. The van der Waals surface area contributed by atoms with Gasteiger partial charge in [-0.05, 0) is 76.9 Å². The van der Waals surface area contributed by atoms with Crippen LogP contribution in [0.5, 0.6) is 0 Å². The van der Waals surface area contributed by atoms with E-state index < -0.39 is 37.4 Å². The van der Waals surface area contributed by atoms with Gasteiger partial charge in [-0.1, -0.05) is 278 Å². The van der Waals surface area contributed by atoms with Gasteiger partial charge in [0.15, 0.2) is 25.2 Å². The summed E-state index contributed by atoms with van der Waals surface area (Å²) in [6.45, 7) is 12.5. The standard InChI is InChI=1S/C15H16O2.2C12H8N2.C11H10O2.C10H8N2.2C5H12O2.C4H10O2.8CH4.5Eu/c16-14(12-7-3-1-4-8-12)11-15(17)13-9-5-2-6-10-13;2*1-3-9-5-6-10-4-2-8-14-12(10)11(9)13-7-1;12-11(13)10-7-3-5-8-4-1-2-6-9(8)10;1-3-7-11-9(5-1)10-6-2-4-8-12-10;2*1-5(2,3)4(6)7;1-2-3-4(5)6;;;;;;;;;;;;;/h1-10,14-17H,11H2;2*1-8H;1-7,11-13H;1-8H;2*4,6-7H,1-3H3;4-6H,2-3H2,1H3;8*1H4;;;;;. The third-order valence-electron chi connectivity index (χ3n) is 13.3. The Kier molecular flexibility index (Phi) is 76.8. The Balaban J connectivity index is -0.000000140. The van der Waals surface area contributed by atoms with Crippen LogP contribution < -0.4 is 0 Å². The van der Waals surface area contributed by atoms with E-state index >= 15 is 0 Å². The van der Waals surface area contributed by atoms with Crippen LogP contribution in [0.25, 0.3) is 65.8 Å². The maximum absolute atomic E-state index is 9.99. The summed E-state index contributed by atoms with van der Waals surface area (Å²) in [5.41, 5.74) is 7.19. The zero-order valence-corrected chi connectivity index (χ0v) is 65.9. The van der Waals surface area contributed by atoms with Crippen LogP contribution >= 0.6 is 0 Å². The Morgan fingerprint density at radius 2 is 0.573 bits per heavy atom. The molecule has 0 amide bonds. The Labute approximate surface area is 820 Å². The molecule has 0 aliphatic rings. The molecule has 0 aliphatic carbocycles. The zero-order chi connectivity index (χ0) is 65.5. The molecule has 6 heterocycles. The average Bonchev–Trinajstić information content (AvgIpc) is 0.810. The van der Waals surface area contributed by atoms with E-state index in [0.717, 1.165) is 83.3 Å². The molecule has 10 N–H and O–H groups in total. The first-order valence-electron chi connectivity index (χ1n) is 29.5. The van der Waals surface area contributed by atoms with Gasteiger partial charge in [-0.15, -0.1) is 0 Å². The molecule has 0 spiro atoms. The number of nitrogens with zero attached hydrogens (tertiary/aromatic N) is 6. The van der Waals surface area contributed by atoms with E-state index in [4.69, 9.17) is 40.9 Å². The molecule has 16 nitrogen and oxygen atoms in total. The van der Waals surface area contributed by atoms with Gasteiger partial charge >= 0.3 is 0 Å². The molecule has 103 heavy (non-hydrogen) atoms. The van der Waals surface area contributed by atoms with Crippen molar-refractivity contribution in [3.8, 4) is 11.4 Å². The van der Waals surface area contributed by atoms with Crippen LogP contribution in [0, 0.1) is 258 Å². The molecular weight excluding hydrogens is 1990 g/mol. The Morgan fingerprint density at radius 1 is 0.301 bits per heavy atom. The van der Waals surface area contributed by atoms with Gasteiger partial charge in [0.2, 0.25) is 0 Å². The minimum absolute atomic E-state index is 0. The summed E-state index contributed by atoms with van der Waals surface area (Å²) < 4.78 is 0. The van der Waals surface area contributed by atoms with Crippen LogP contribution in [-0.4, -0.2) is 99.8 Å². The Bertz CT molecular complexity index is 3640. The molecule has 0 saturated carbocycles. The third-order valence-corrected chi connectivity index (χ3v) is 13.3. The predicted octanol–water partition coefficient (Wildman–Crippen LogP) is 18.2. The predicted molar refractivity (Wildman–Crippen MR) is 412 cm³/mol. The minimum Gasteiger partial charge on any atom is -0.388 e. The van der Waals surface area contributed by atoms with Gasteiger partial charge in [-0.2, -0.15) is 0 Å². The first kappa shape index (κ1) is 120. The van der Waals surface area contributed by atoms with Crippen LogP contribution in [0.1, 0.15) is 162 Å². The van der Waals surface area contributed by atoms with Crippen molar-refractivity contribution in [3.63, 3.8) is 0 Å². The molecule has 2 atom stereocenters. The fraction of sp³-hybridized carbons (Fsp3) is 0.317. The van der Waals surface area contributed by atoms with Gasteiger partial charge < -0.3 is 51.1 Å². The molecule has 6 aromatic carbocycles. The number of aliphatic hydroxyl groups is 10. The topological polar surface area (TPSA) is 280 Å². The number of fused-ring (bicyclic) bond motifs is 7. The molecule has 12 aromatic rings. The zero-order valence-electron chi connectivity index (χ0n) is 53.8. The monoisotopic (exact) mass is 2110 g/mol. The molecule has 0 bridgehead atoms. The molecule has 0 saturated heterocycles. The van der Waals surface area contributed by atoms with E-state index in [1.165, 1.54) is 0 Å². The van der Waals surface area contributed by atoms with E-state index in [0.29, 0.717) is 18.4 Å². The van der Waals surface area contributed by atoms with Crippen molar-refractivity contribution in [2.75, 3.05) is 0 Å². The van der Waals surface area contributed by atoms with Crippen molar-refractivity contribution in [1.82, 2.24) is 29.9 Å². The fourth-order valence-electron chi connectivity index (χ4n) is 7.96. The smallest absolute Gasteiger partial charge is 0.179 e. The number of benzene rings is 6.